The molecule has 0 fully saturated rings. The van der Waals surface area contributed by atoms with Gasteiger partial charge in [-0.15, -0.1) is 0 Å². The third kappa shape index (κ3) is 7.55. The summed E-state index contributed by atoms with van der Waals surface area (Å²) in [7, 11) is 0. The molecule has 0 bridgehead atoms. The molecule has 2 rings (SSSR count). The maximum Gasteiger partial charge on any atom is 0.251 e. The Bertz CT molecular complexity index is 817. The van der Waals surface area contributed by atoms with Crippen molar-refractivity contribution >= 4 is 29.3 Å². The zero-order valence-electron chi connectivity index (χ0n) is 17.7. The number of nitrogens with zero attached hydrogens (tertiary/aromatic N) is 1. The van der Waals surface area contributed by atoms with E-state index in [4.69, 9.17) is 0 Å². The van der Waals surface area contributed by atoms with Crippen LogP contribution in [0.4, 0.5) is 5.69 Å². The highest BCUT2D eigenvalue weighted by molar-refractivity contribution is 7.99. The predicted molar refractivity (Wildman–Crippen MR) is 121 cm³/mol. The van der Waals surface area contributed by atoms with Gasteiger partial charge in [0.15, 0.2) is 0 Å². The molecule has 0 aliphatic rings. The Morgan fingerprint density at radius 2 is 1.72 bits per heavy atom. The molecule has 2 aromatic rings. The molecule has 0 radical (unpaired) electrons. The van der Waals surface area contributed by atoms with E-state index in [1.54, 1.807) is 17.8 Å². The number of carbonyl (C=O) groups is 2. The SMILES string of the molecule is CCN(CC)CCCNC(=O)c1ccc(Sc2ccc(C)cc2)c(NC(C)=O)c1. The zero-order valence-corrected chi connectivity index (χ0v) is 18.6. The smallest absolute Gasteiger partial charge is 0.251 e. The number of anilines is 1. The molecule has 0 aromatic heterocycles. The Morgan fingerprint density at radius 1 is 1.03 bits per heavy atom. The summed E-state index contributed by atoms with van der Waals surface area (Å²) in [5, 5.41) is 5.82. The van der Waals surface area contributed by atoms with Gasteiger partial charge < -0.3 is 15.5 Å². The molecule has 6 heteroatoms. The van der Waals surface area contributed by atoms with E-state index in [1.807, 2.05) is 31.2 Å². The van der Waals surface area contributed by atoms with Crippen LogP contribution in [-0.2, 0) is 4.79 Å². The van der Waals surface area contributed by atoms with Crippen LogP contribution < -0.4 is 10.6 Å². The van der Waals surface area contributed by atoms with Crippen LogP contribution in [0.2, 0.25) is 0 Å². The lowest BCUT2D eigenvalue weighted by atomic mass is 10.2. The molecule has 0 atom stereocenters. The number of aryl methyl sites for hydroxylation is 1. The average Bonchev–Trinajstić information content (AvgIpc) is 2.70. The minimum absolute atomic E-state index is 0.122. The van der Waals surface area contributed by atoms with Crippen molar-refractivity contribution in [1.82, 2.24) is 10.2 Å². The first kappa shape index (κ1) is 23.0. The van der Waals surface area contributed by atoms with Gasteiger partial charge in [-0.3, -0.25) is 9.59 Å². The van der Waals surface area contributed by atoms with Gasteiger partial charge in [-0.05, 0) is 63.3 Å². The molecule has 29 heavy (non-hydrogen) atoms. The number of nitrogens with one attached hydrogen (secondary N) is 2. The van der Waals surface area contributed by atoms with Crippen molar-refractivity contribution in [2.75, 3.05) is 31.5 Å². The van der Waals surface area contributed by atoms with Crippen LogP contribution in [0.5, 0.6) is 0 Å². The first-order valence-corrected chi connectivity index (χ1v) is 10.9. The van der Waals surface area contributed by atoms with E-state index in [-0.39, 0.29) is 11.8 Å². The second-order valence-electron chi connectivity index (χ2n) is 6.94. The highest BCUT2D eigenvalue weighted by Gasteiger charge is 2.12. The summed E-state index contributed by atoms with van der Waals surface area (Å²) in [4.78, 5) is 28.5. The van der Waals surface area contributed by atoms with Gasteiger partial charge in [0.25, 0.3) is 5.91 Å². The van der Waals surface area contributed by atoms with Crippen molar-refractivity contribution in [2.24, 2.45) is 0 Å². The van der Waals surface area contributed by atoms with Crippen LogP contribution in [0, 0.1) is 6.92 Å². The summed E-state index contributed by atoms with van der Waals surface area (Å²) in [6, 6.07) is 13.7. The standard InChI is InChI=1S/C23H31N3O2S/c1-5-26(6-2)15-7-14-24-23(28)19-10-13-22(21(16-19)25-18(4)27)29-20-11-8-17(3)9-12-20/h8-13,16H,5-7,14-15H2,1-4H3,(H,24,28)(H,25,27). The number of amides is 2. The summed E-state index contributed by atoms with van der Waals surface area (Å²) < 4.78 is 0. The Hall–Kier alpha value is -2.31. The van der Waals surface area contributed by atoms with Crippen LogP contribution >= 0.6 is 11.8 Å². The molecular weight excluding hydrogens is 382 g/mol. The van der Waals surface area contributed by atoms with E-state index < -0.39 is 0 Å². The molecule has 0 saturated heterocycles. The zero-order chi connectivity index (χ0) is 21.2. The number of benzene rings is 2. The second kappa shape index (κ2) is 11.6. The molecule has 0 unspecified atom stereocenters. The van der Waals surface area contributed by atoms with Crippen LogP contribution in [-0.4, -0.2) is 42.9 Å². The van der Waals surface area contributed by atoms with Gasteiger partial charge in [0, 0.05) is 28.8 Å². The maximum atomic E-state index is 12.5. The van der Waals surface area contributed by atoms with Crippen molar-refractivity contribution in [3.05, 3.63) is 53.6 Å². The number of carbonyl (C=O) groups excluding carboxylic acids is 2. The topological polar surface area (TPSA) is 61.4 Å². The van der Waals surface area contributed by atoms with Gasteiger partial charge in [-0.25, -0.2) is 0 Å². The number of hydrogen-bond donors (Lipinski definition) is 2. The molecule has 0 saturated carbocycles. The molecular formula is C23H31N3O2S. The van der Waals surface area contributed by atoms with E-state index in [2.05, 4.69) is 41.5 Å². The average molecular weight is 414 g/mol. The lowest BCUT2D eigenvalue weighted by Crippen LogP contribution is -2.30. The molecule has 0 aliphatic carbocycles. The molecule has 2 amide bonds. The van der Waals surface area contributed by atoms with E-state index in [9.17, 15) is 9.59 Å². The molecule has 2 N–H and O–H groups in total. The fourth-order valence-electron chi connectivity index (χ4n) is 2.93. The fraction of sp³-hybridized carbons (Fsp3) is 0.391. The summed E-state index contributed by atoms with van der Waals surface area (Å²) in [5.74, 6) is -0.282. The van der Waals surface area contributed by atoms with Gasteiger partial charge in [-0.2, -0.15) is 0 Å². The highest BCUT2D eigenvalue weighted by atomic mass is 32.2. The molecule has 0 aliphatic heterocycles. The monoisotopic (exact) mass is 413 g/mol. The Morgan fingerprint density at radius 3 is 2.34 bits per heavy atom. The minimum atomic E-state index is -0.160. The van der Waals surface area contributed by atoms with Crippen LogP contribution in [0.3, 0.4) is 0 Å². The van der Waals surface area contributed by atoms with Crippen LogP contribution in [0.25, 0.3) is 0 Å². The van der Waals surface area contributed by atoms with E-state index in [0.717, 1.165) is 35.8 Å². The van der Waals surface area contributed by atoms with Gasteiger partial charge in [0.05, 0.1) is 5.69 Å². The Balaban J connectivity index is 2.06. The summed E-state index contributed by atoms with van der Waals surface area (Å²) in [5.41, 5.74) is 2.40. The predicted octanol–water partition coefficient (Wildman–Crippen LogP) is 4.57. The molecule has 0 heterocycles. The molecule has 2 aromatic carbocycles. The summed E-state index contributed by atoms with van der Waals surface area (Å²) >= 11 is 1.56. The summed E-state index contributed by atoms with van der Waals surface area (Å²) in [6.45, 7) is 11.4. The fourth-order valence-corrected chi connectivity index (χ4v) is 3.81. The third-order valence-corrected chi connectivity index (χ3v) is 5.72. The third-order valence-electron chi connectivity index (χ3n) is 4.63. The van der Waals surface area contributed by atoms with Gasteiger partial charge in [-0.1, -0.05) is 43.3 Å². The van der Waals surface area contributed by atoms with Gasteiger partial charge in [0.1, 0.15) is 0 Å². The van der Waals surface area contributed by atoms with Crippen molar-refractivity contribution in [3.63, 3.8) is 0 Å². The van der Waals surface area contributed by atoms with Crippen molar-refractivity contribution < 1.29 is 9.59 Å². The normalized spacial score (nSPS) is 10.8. The maximum absolute atomic E-state index is 12.5. The largest absolute Gasteiger partial charge is 0.352 e. The van der Waals surface area contributed by atoms with Crippen molar-refractivity contribution in [1.29, 1.82) is 0 Å². The van der Waals surface area contributed by atoms with Crippen molar-refractivity contribution in [2.45, 2.75) is 43.9 Å². The van der Waals surface area contributed by atoms with E-state index in [0.29, 0.717) is 17.8 Å². The van der Waals surface area contributed by atoms with E-state index in [1.165, 1.54) is 12.5 Å². The Labute approximate surface area is 178 Å². The number of rotatable bonds is 10. The Kier molecular flexibility index (Phi) is 9.22. The van der Waals surface area contributed by atoms with Gasteiger partial charge in [0.2, 0.25) is 5.91 Å². The molecule has 5 nitrogen and oxygen atoms in total. The second-order valence-corrected chi connectivity index (χ2v) is 8.06. The first-order chi connectivity index (χ1) is 13.9. The minimum Gasteiger partial charge on any atom is -0.352 e. The first-order valence-electron chi connectivity index (χ1n) is 10.1. The van der Waals surface area contributed by atoms with Crippen molar-refractivity contribution in [3.8, 4) is 0 Å². The van der Waals surface area contributed by atoms with Crippen LogP contribution in [0.1, 0.15) is 43.1 Å². The van der Waals surface area contributed by atoms with Crippen LogP contribution in [0.15, 0.2) is 52.3 Å². The molecule has 156 valence electrons. The lowest BCUT2D eigenvalue weighted by molar-refractivity contribution is -0.114. The van der Waals surface area contributed by atoms with Gasteiger partial charge >= 0.3 is 0 Å². The number of hydrogen-bond acceptors (Lipinski definition) is 4. The summed E-state index contributed by atoms with van der Waals surface area (Å²) in [6.07, 6.45) is 0.910. The van der Waals surface area contributed by atoms with E-state index >= 15 is 0 Å². The molecule has 0 spiro atoms. The quantitative estimate of drug-likeness (QED) is 0.560. The highest BCUT2D eigenvalue weighted by Crippen LogP contribution is 2.34. The lowest BCUT2D eigenvalue weighted by Gasteiger charge is -2.17.